The van der Waals surface area contributed by atoms with Gasteiger partial charge >= 0.3 is 6.01 Å². The zero-order valence-corrected chi connectivity index (χ0v) is 15.3. The fraction of sp³-hybridized carbons (Fsp3) is 0.167. The van der Waals surface area contributed by atoms with Crippen LogP contribution in [0.15, 0.2) is 33.0 Å². The van der Waals surface area contributed by atoms with E-state index in [-0.39, 0.29) is 10.7 Å². The number of sulfone groups is 1. The average Bonchev–Trinajstić information content (AvgIpc) is 3.03. The number of hydrogen-bond donors (Lipinski definition) is 1. The maximum atomic E-state index is 12.5. The summed E-state index contributed by atoms with van der Waals surface area (Å²) in [5, 5.41) is 5.78. The Morgan fingerprint density at radius 3 is 2.75 bits per heavy atom. The Balaban J connectivity index is 1.92. The highest BCUT2D eigenvalue weighted by molar-refractivity contribution is 7.93. The van der Waals surface area contributed by atoms with Crippen molar-refractivity contribution in [3.63, 3.8) is 0 Å². The molecule has 0 saturated heterocycles. The molecular weight excluding hydrogens is 398 g/mol. The smallest absolute Gasteiger partial charge is 0.314 e. The van der Waals surface area contributed by atoms with E-state index >= 15 is 0 Å². The van der Waals surface area contributed by atoms with Gasteiger partial charge in [0, 0.05) is 26.7 Å². The van der Waals surface area contributed by atoms with Crippen molar-refractivity contribution in [2.75, 3.05) is 11.0 Å². The van der Waals surface area contributed by atoms with Crippen molar-refractivity contribution in [2.45, 2.75) is 10.6 Å². The molecule has 2 aromatic heterocycles. The Hall–Kier alpha value is -1.69. The Kier molecular flexibility index (Phi) is 4.28. The standard InChI is InChI=1S/C12H10ClN3O5S3/c1-23(17,18)6-11-14-12(21-15-11)16-24(19,20)10-5-22-9-3-2-7(13)4-8(9)10/h2-5H,6H2,1H3,(H,14,15,16). The SMILES string of the molecule is CS(=O)(=O)Cc1noc(NS(=O)(=O)c2csc3ccc(Cl)cc23)n1. The predicted octanol–water partition coefficient (Wildman–Crippen LogP) is 2.28. The number of rotatable bonds is 5. The maximum Gasteiger partial charge on any atom is 0.335 e. The van der Waals surface area contributed by atoms with Crippen LogP contribution in [0.25, 0.3) is 10.1 Å². The number of nitrogens with zero attached hydrogens (tertiary/aromatic N) is 2. The fourth-order valence-electron chi connectivity index (χ4n) is 1.94. The van der Waals surface area contributed by atoms with Crippen LogP contribution in [0, 0.1) is 0 Å². The predicted molar refractivity (Wildman–Crippen MR) is 90.5 cm³/mol. The second kappa shape index (κ2) is 5.99. The largest absolute Gasteiger partial charge is 0.335 e. The van der Waals surface area contributed by atoms with E-state index in [2.05, 4.69) is 14.9 Å². The van der Waals surface area contributed by atoms with Crippen LogP contribution in [0.3, 0.4) is 0 Å². The van der Waals surface area contributed by atoms with Gasteiger partial charge in [0.15, 0.2) is 15.7 Å². The topological polar surface area (TPSA) is 119 Å². The first kappa shape index (κ1) is 17.1. The van der Waals surface area contributed by atoms with E-state index in [4.69, 9.17) is 16.1 Å². The van der Waals surface area contributed by atoms with Crippen LogP contribution in [-0.4, -0.2) is 33.2 Å². The number of nitrogens with one attached hydrogen (secondary N) is 1. The molecule has 0 aliphatic rings. The van der Waals surface area contributed by atoms with E-state index in [1.807, 2.05) is 0 Å². The molecule has 2 heterocycles. The summed E-state index contributed by atoms with van der Waals surface area (Å²) in [5.74, 6) is -0.580. The van der Waals surface area contributed by atoms with Crippen molar-refractivity contribution in [1.82, 2.24) is 10.1 Å². The van der Waals surface area contributed by atoms with Crippen LogP contribution >= 0.6 is 22.9 Å². The summed E-state index contributed by atoms with van der Waals surface area (Å²) in [7, 11) is -7.35. The van der Waals surface area contributed by atoms with Crippen molar-refractivity contribution in [2.24, 2.45) is 0 Å². The summed E-state index contributed by atoms with van der Waals surface area (Å²) >= 11 is 7.16. The molecule has 0 aliphatic heterocycles. The van der Waals surface area contributed by atoms with Crippen molar-refractivity contribution in [1.29, 1.82) is 0 Å². The second-order valence-corrected chi connectivity index (χ2v) is 10.1. The number of hydrogen-bond acceptors (Lipinski definition) is 8. The summed E-state index contributed by atoms with van der Waals surface area (Å²) in [6.45, 7) is 0. The molecule has 1 aromatic carbocycles. The number of aromatic nitrogens is 2. The Labute approximate surface area is 146 Å². The van der Waals surface area contributed by atoms with E-state index in [1.54, 1.807) is 18.2 Å². The lowest BCUT2D eigenvalue weighted by atomic mass is 10.3. The molecule has 1 N–H and O–H groups in total. The molecule has 3 rings (SSSR count). The highest BCUT2D eigenvalue weighted by Gasteiger charge is 2.22. The van der Waals surface area contributed by atoms with Gasteiger partial charge in [0.2, 0.25) is 0 Å². The molecule has 0 saturated carbocycles. The van der Waals surface area contributed by atoms with Crippen molar-refractivity contribution in [3.05, 3.63) is 34.4 Å². The molecule has 8 nitrogen and oxygen atoms in total. The maximum absolute atomic E-state index is 12.5. The van der Waals surface area contributed by atoms with E-state index < -0.39 is 31.6 Å². The third kappa shape index (κ3) is 3.69. The number of halogens is 1. The number of thiophene rings is 1. The molecule has 0 spiro atoms. The Bertz CT molecular complexity index is 1120. The molecule has 0 aliphatic carbocycles. The van der Waals surface area contributed by atoms with Crippen LogP contribution in [0.4, 0.5) is 6.01 Å². The molecule has 24 heavy (non-hydrogen) atoms. The molecule has 0 radical (unpaired) electrons. The quantitative estimate of drug-likeness (QED) is 0.688. The highest BCUT2D eigenvalue weighted by Crippen LogP contribution is 2.32. The molecule has 0 bridgehead atoms. The number of fused-ring (bicyclic) bond motifs is 1. The van der Waals surface area contributed by atoms with Gasteiger partial charge in [0.25, 0.3) is 10.0 Å². The van der Waals surface area contributed by atoms with E-state index in [1.165, 1.54) is 16.7 Å². The van der Waals surface area contributed by atoms with Gasteiger partial charge in [-0.2, -0.15) is 4.98 Å². The number of anilines is 1. The molecule has 128 valence electrons. The van der Waals surface area contributed by atoms with Crippen molar-refractivity contribution >= 4 is 58.9 Å². The van der Waals surface area contributed by atoms with Gasteiger partial charge in [0.05, 0.1) is 0 Å². The number of benzene rings is 1. The molecule has 0 fully saturated rings. The third-order valence-corrected chi connectivity index (χ3v) is 6.36. The lowest BCUT2D eigenvalue weighted by Crippen LogP contribution is -2.13. The van der Waals surface area contributed by atoms with Gasteiger partial charge < -0.3 is 4.52 Å². The van der Waals surface area contributed by atoms with E-state index in [9.17, 15) is 16.8 Å². The molecule has 3 aromatic rings. The first-order valence-corrected chi connectivity index (χ1v) is 11.1. The minimum absolute atomic E-state index is 0.0212. The third-order valence-electron chi connectivity index (χ3n) is 2.87. The summed E-state index contributed by atoms with van der Waals surface area (Å²) in [5.41, 5.74) is 0. The second-order valence-electron chi connectivity index (χ2n) is 4.93. The first-order chi connectivity index (χ1) is 11.1. The molecule has 0 amide bonds. The van der Waals surface area contributed by atoms with Gasteiger partial charge in [0.1, 0.15) is 10.6 Å². The van der Waals surface area contributed by atoms with Gasteiger partial charge in [-0.25, -0.2) is 21.6 Å². The Morgan fingerprint density at radius 1 is 1.29 bits per heavy atom. The molecular formula is C12H10ClN3O5S3. The summed E-state index contributed by atoms with van der Waals surface area (Å²) in [6.07, 6.45) is 1.01. The van der Waals surface area contributed by atoms with E-state index in [0.29, 0.717) is 10.4 Å². The van der Waals surface area contributed by atoms with Gasteiger partial charge in [-0.15, -0.1) is 11.3 Å². The van der Waals surface area contributed by atoms with Gasteiger partial charge in [-0.3, -0.25) is 0 Å². The lowest BCUT2D eigenvalue weighted by Gasteiger charge is -2.02. The molecule has 12 heteroatoms. The lowest BCUT2D eigenvalue weighted by molar-refractivity contribution is 0.428. The van der Waals surface area contributed by atoms with Gasteiger partial charge in [-0.1, -0.05) is 16.8 Å². The first-order valence-electron chi connectivity index (χ1n) is 6.34. The highest BCUT2D eigenvalue weighted by atomic mass is 35.5. The summed E-state index contributed by atoms with van der Waals surface area (Å²) in [6, 6.07) is 4.53. The molecule has 0 unspecified atom stereocenters. The zero-order valence-electron chi connectivity index (χ0n) is 12.1. The van der Waals surface area contributed by atoms with Crippen LogP contribution in [0.1, 0.15) is 5.82 Å². The van der Waals surface area contributed by atoms with Crippen LogP contribution < -0.4 is 4.72 Å². The van der Waals surface area contributed by atoms with E-state index in [0.717, 1.165) is 11.0 Å². The summed E-state index contributed by atoms with van der Waals surface area (Å²) in [4.78, 5) is 3.74. The Morgan fingerprint density at radius 2 is 2.04 bits per heavy atom. The van der Waals surface area contributed by atoms with Crippen LogP contribution in [0.5, 0.6) is 0 Å². The minimum Gasteiger partial charge on any atom is -0.314 e. The van der Waals surface area contributed by atoms with Crippen LogP contribution in [0.2, 0.25) is 5.02 Å². The van der Waals surface area contributed by atoms with Crippen molar-refractivity contribution < 1.29 is 21.4 Å². The van der Waals surface area contributed by atoms with Crippen molar-refractivity contribution in [3.8, 4) is 0 Å². The minimum atomic E-state index is -3.99. The zero-order chi connectivity index (χ0) is 17.5. The van der Waals surface area contributed by atoms with Gasteiger partial charge in [-0.05, 0) is 18.2 Å². The van der Waals surface area contributed by atoms with Crippen LogP contribution in [-0.2, 0) is 25.6 Å². The molecule has 0 atom stereocenters. The normalized spacial score (nSPS) is 12.6. The average molecular weight is 408 g/mol. The monoisotopic (exact) mass is 407 g/mol. The fourth-order valence-corrected chi connectivity index (χ4v) is 5.10. The number of sulfonamides is 1. The summed E-state index contributed by atoms with van der Waals surface area (Å²) < 4.78 is 55.0.